The smallest absolute Gasteiger partial charge is 0.188 e. The summed E-state index contributed by atoms with van der Waals surface area (Å²) in [6.07, 6.45) is 2.01. The Kier molecular flexibility index (Phi) is 4.25. The number of hydrogen-bond donors (Lipinski definition) is 0. The Morgan fingerprint density at radius 3 is 1.45 bits per heavy atom. The van der Waals surface area contributed by atoms with Crippen molar-refractivity contribution < 1.29 is 0 Å². The number of hydrogen-bond acceptors (Lipinski definition) is 3. The topological polar surface area (TPSA) is 25.8 Å². The van der Waals surface area contributed by atoms with Crippen LogP contribution in [-0.4, -0.2) is 16.2 Å². The van der Waals surface area contributed by atoms with Gasteiger partial charge in [0.25, 0.3) is 0 Å². The molecule has 0 aliphatic heterocycles. The van der Waals surface area contributed by atoms with Gasteiger partial charge in [-0.15, -0.1) is 0 Å². The molecule has 110 valence electrons. The first-order valence-corrected chi connectivity index (χ1v) is 8.45. The molecule has 0 aliphatic rings. The second kappa shape index (κ2) is 6.32. The molecule has 0 amide bonds. The fourth-order valence-electron chi connectivity index (χ4n) is 2.26. The SMILES string of the molecule is CSc1nc(-c2ccc(C)cc2)cc(-c2ccc(C)cc2)n1. The van der Waals surface area contributed by atoms with Crippen LogP contribution in [-0.2, 0) is 0 Å². The largest absolute Gasteiger partial charge is 0.222 e. The molecule has 2 aromatic carbocycles. The van der Waals surface area contributed by atoms with Gasteiger partial charge in [-0.2, -0.15) is 0 Å². The van der Waals surface area contributed by atoms with Crippen molar-refractivity contribution in [1.29, 1.82) is 0 Å². The van der Waals surface area contributed by atoms with Gasteiger partial charge in [-0.1, -0.05) is 71.4 Å². The molecule has 2 nitrogen and oxygen atoms in total. The molecule has 0 spiro atoms. The number of aryl methyl sites for hydroxylation is 2. The van der Waals surface area contributed by atoms with Crippen molar-refractivity contribution in [3.05, 3.63) is 65.7 Å². The molecule has 1 heterocycles. The van der Waals surface area contributed by atoms with Crippen LogP contribution in [0.15, 0.2) is 59.8 Å². The average molecular weight is 306 g/mol. The molecule has 22 heavy (non-hydrogen) atoms. The molecular weight excluding hydrogens is 288 g/mol. The molecule has 0 radical (unpaired) electrons. The Bertz CT molecular complexity index is 714. The van der Waals surface area contributed by atoms with Crippen molar-refractivity contribution in [3.8, 4) is 22.5 Å². The van der Waals surface area contributed by atoms with Crippen molar-refractivity contribution in [2.45, 2.75) is 19.0 Å². The third kappa shape index (κ3) is 3.20. The Morgan fingerprint density at radius 1 is 0.682 bits per heavy atom. The van der Waals surface area contributed by atoms with Crippen molar-refractivity contribution in [3.63, 3.8) is 0 Å². The van der Waals surface area contributed by atoms with E-state index in [1.54, 1.807) is 11.8 Å². The Labute approximate surface area is 135 Å². The van der Waals surface area contributed by atoms with Crippen molar-refractivity contribution in [2.75, 3.05) is 6.26 Å². The molecule has 0 unspecified atom stereocenters. The van der Waals surface area contributed by atoms with Crippen LogP contribution >= 0.6 is 11.8 Å². The van der Waals surface area contributed by atoms with Gasteiger partial charge in [-0.3, -0.25) is 0 Å². The lowest BCUT2D eigenvalue weighted by molar-refractivity contribution is 0.982. The van der Waals surface area contributed by atoms with Gasteiger partial charge in [0.05, 0.1) is 11.4 Å². The summed E-state index contributed by atoms with van der Waals surface area (Å²) in [6.45, 7) is 4.18. The lowest BCUT2D eigenvalue weighted by Crippen LogP contribution is -1.94. The molecule has 0 bridgehead atoms. The minimum Gasteiger partial charge on any atom is -0.222 e. The van der Waals surface area contributed by atoms with Gasteiger partial charge in [-0.25, -0.2) is 9.97 Å². The fourth-order valence-corrected chi connectivity index (χ4v) is 2.64. The van der Waals surface area contributed by atoms with Gasteiger partial charge < -0.3 is 0 Å². The Balaban J connectivity index is 2.10. The van der Waals surface area contributed by atoms with E-state index in [-0.39, 0.29) is 0 Å². The first-order valence-electron chi connectivity index (χ1n) is 7.23. The van der Waals surface area contributed by atoms with Crippen LogP contribution in [0.25, 0.3) is 22.5 Å². The Hall–Kier alpha value is -2.13. The maximum Gasteiger partial charge on any atom is 0.188 e. The van der Waals surface area contributed by atoms with Gasteiger partial charge >= 0.3 is 0 Å². The number of rotatable bonds is 3. The quantitative estimate of drug-likeness (QED) is 0.494. The monoisotopic (exact) mass is 306 g/mol. The molecule has 3 heteroatoms. The Morgan fingerprint density at radius 2 is 1.09 bits per heavy atom. The zero-order chi connectivity index (χ0) is 15.5. The summed E-state index contributed by atoms with van der Waals surface area (Å²) >= 11 is 1.57. The summed E-state index contributed by atoms with van der Waals surface area (Å²) in [6, 6.07) is 19.0. The lowest BCUT2D eigenvalue weighted by Gasteiger charge is -2.08. The zero-order valence-electron chi connectivity index (χ0n) is 13.0. The van der Waals surface area contributed by atoms with Crippen LogP contribution in [0.4, 0.5) is 0 Å². The minimum atomic E-state index is 0.800. The summed E-state index contributed by atoms with van der Waals surface area (Å²) in [7, 11) is 0. The molecule has 0 fully saturated rings. The second-order valence-electron chi connectivity index (χ2n) is 5.36. The molecule has 0 saturated heterocycles. The summed E-state index contributed by atoms with van der Waals surface area (Å²) in [5.41, 5.74) is 6.68. The van der Waals surface area contributed by atoms with Gasteiger partial charge in [0, 0.05) is 11.1 Å². The fraction of sp³-hybridized carbons (Fsp3) is 0.158. The predicted octanol–water partition coefficient (Wildman–Crippen LogP) is 5.15. The number of thioether (sulfide) groups is 1. The van der Waals surface area contributed by atoms with Gasteiger partial charge in [0.1, 0.15) is 0 Å². The maximum atomic E-state index is 4.65. The van der Waals surface area contributed by atoms with Crippen LogP contribution in [0.5, 0.6) is 0 Å². The van der Waals surface area contributed by atoms with Crippen LogP contribution in [0.2, 0.25) is 0 Å². The lowest BCUT2D eigenvalue weighted by atomic mass is 10.1. The standard InChI is InChI=1S/C19H18N2S/c1-13-4-8-15(9-5-13)17-12-18(21-19(20-17)22-3)16-10-6-14(2)7-11-16/h4-12H,1-3H3. The van der Waals surface area contributed by atoms with Crippen LogP contribution < -0.4 is 0 Å². The van der Waals surface area contributed by atoms with E-state index >= 15 is 0 Å². The molecule has 3 rings (SSSR count). The van der Waals surface area contributed by atoms with Crippen LogP contribution in [0.1, 0.15) is 11.1 Å². The minimum absolute atomic E-state index is 0.800. The summed E-state index contributed by atoms with van der Waals surface area (Å²) in [5.74, 6) is 0. The highest BCUT2D eigenvalue weighted by Gasteiger charge is 2.08. The number of aromatic nitrogens is 2. The highest BCUT2D eigenvalue weighted by molar-refractivity contribution is 7.98. The molecule has 1 aromatic heterocycles. The first-order chi connectivity index (χ1) is 10.7. The molecule has 0 N–H and O–H groups in total. The molecule has 0 saturated carbocycles. The van der Waals surface area contributed by atoms with E-state index in [2.05, 4.69) is 78.4 Å². The van der Waals surface area contributed by atoms with Crippen molar-refractivity contribution in [1.82, 2.24) is 9.97 Å². The summed E-state index contributed by atoms with van der Waals surface area (Å²) < 4.78 is 0. The average Bonchev–Trinajstić information content (AvgIpc) is 2.55. The molecule has 3 aromatic rings. The third-order valence-electron chi connectivity index (χ3n) is 3.58. The van der Waals surface area contributed by atoms with Gasteiger partial charge in [-0.05, 0) is 26.2 Å². The van der Waals surface area contributed by atoms with E-state index in [1.807, 2.05) is 6.26 Å². The van der Waals surface area contributed by atoms with E-state index in [0.29, 0.717) is 0 Å². The molecular formula is C19H18N2S. The van der Waals surface area contributed by atoms with Gasteiger partial charge in [0.15, 0.2) is 5.16 Å². The van der Waals surface area contributed by atoms with Gasteiger partial charge in [0.2, 0.25) is 0 Å². The normalized spacial score (nSPS) is 10.7. The van der Waals surface area contributed by atoms with Crippen LogP contribution in [0, 0.1) is 13.8 Å². The number of benzene rings is 2. The van der Waals surface area contributed by atoms with E-state index in [1.165, 1.54) is 11.1 Å². The van der Waals surface area contributed by atoms with Crippen molar-refractivity contribution >= 4 is 11.8 Å². The first kappa shape index (κ1) is 14.8. The predicted molar refractivity (Wildman–Crippen MR) is 94.2 cm³/mol. The number of nitrogens with zero attached hydrogens (tertiary/aromatic N) is 2. The van der Waals surface area contributed by atoms with Crippen LogP contribution in [0.3, 0.4) is 0 Å². The zero-order valence-corrected chi connectivity index (χ0v) is 13.8. The third-order valence-corrected chi connectivity index (χ3v) is 4.13. The van der Waals surface area contributed by atoms with E-state index in [4.69, 9.17) is 0 Å². The second-order valence-corrected chi connectivity index (χ2v) is 6.13. The highest BCUT2D eigenvalue weighted by atomic mass is 32.2. The maximum absolute atomic E-state index is 4.65. The summed E-state index contributed by atoms with van der Waals surface area (Å²) in [4.78, 5) is 9.29. The van der Waals surface area contributed by atoms with E-state index < -0.39 is 0 Å². The molecule has 0 aliphatic carbocycles. The van der Waals surface area contributed by atoms with Crippen molar-refractivity contribution in [2.24, 2.45) is 0 Å². The molecule has 0 atom stereocenters. The van der Waals surface area contributed by atoms with E-state index in [9.17, 15) is 0 Å². The van der Waals surface area contributed by atoms with E-state index in [0.717, 1.165) is 27.7 Å². The highest BCUT2D eigenvalue weighted by Crippen LogP contribution is 2.26. The summed E-state index contributed by atoms with van der Waals surface area (Å²) in [5, 5.41) is 0.800.